The van der Waals surface area contributed by atoms with E-state index in [1.807, 2.05) is 13.0 Å². The summed E-state index contributed by atoms with van der Waals surface area (Å²) in [6.07, 6.45) is 5.24. The second kappa shape index (κ2) is 9.85. The van der Waals surface area contributed by atoms with E-state index in [2.05, 4.69) is 22.8 Å². The Labute approximate surface area is 175 Å². The van der Waals surface area contributed by atoms with Crippen molar-refractivity contribution in [1.29, 1.82) is 0 Å². The topological polar surface area (TPSA) is 62.6 Å². The number of carbonyl (C=O) groups is 1. The van der Waals surface area contributed by atoms with Gasteiger partial charge in [-0.2, -0.15) is 5.10 Å². The van der Waals surface area contributed by atoms with Gasteiger partial charge in [0.1, 0.15) is 5.75 Å². The summed E-state index contributed by atoms with van der Waals surface area (Å²) in [6, 6.07) is 3.06. The molecule has 1 aromatic carbocycles. The van der Waals surface area contributed by atoms with Gasteiger partial charge >= 0.3 is 5.97 Å². The molecule has 28 heavy (non-hydrogen) atoms. The molecular weight excluding hydrogens is 403 g/mol. The minimum absolute atomic E-state index is 0.261. The largest absolute Gasteiger partial charge is 0.477 e. The zero-order chi connectivity index (χ0) is 20.8. The first-order valence-electron chi connectivity index (χ1n) is 8.90. The van der Waals surface area contributed by atoms with Crippen LogP contribution in [0.3, 0.4) is 0 Å². The molecule has 0 radical (unpaired) electrons. The van der Waals surface area contributed by atoms with Gasteiger partial charge in [-0.25, -0.2) is 9.48 Å². The van der Waals surface area contributed by atoms with E-state index in [-0.39, 0.29) is 10.8 Å². The normalized spacial score (nSPS) is 12.2. The van der Waals surface area contributed by atoms with Gasteiger partial charge in [0.05, 0.1) is 28.4 Å². The highest BCUT2D eigenvalue weighted by atomic mass is 35.5. The van der Waals surface area contributed by atoms with Crippen LogP contribution < -0.4 is 9.47 Å². The number of aryl methyl sites for hydroxylation is 2. The van der Waals surface area contributed by atoms with E-state index in [0.29, 0.717) is 16.7 Å². The van der Waals surface area contributed by atoms with Crippen LogP contribution in [0.2, 0.25) is 10.0 Å². The molecule has 0 fully saturated rings. The fourth-order valence-electron chi connectivity index (χ4n) is 2.52. The molecule has 1 aromatic heterocycles. The number of aromatic nitrogens is 2. The number of methoxy groups -OCH3 is 1. The van der Waals surface area contributed by atoms with Crippen LogP contribution in [0.4, 0.5) is 0 Å². The Kier molecular flexibility index (Phi) is 7.78. The summed E-state index contributed by atoms with van der Waals surface area (Å²) in [5.41, 5.74) is 1.71. The maximum Gasteiger partial charge on any atom is 0.346 e. The molecular formula is C20H24Cl2N2O4. The molecule has 0 saturated heterocycles. The summed E-state index contributed by atoms with van der Waals surface area (Å²) in [6.45, 7) is 5.59. The van der Waals surface area contributed by atoms with Crippen molar-refractivity contribution in [3.05, 3.63) is 39.5 Å². The van der Waals surface area contributed by atoms with Crippen molar-refractivity contribution in [2.24, 2.45) is 7.05 Å². The SMILES string of the molecule is CCCC=Cc1c(C)nn(C)c1Oc1cc(O[C@@H](C)C(=O)OC)c(Cl)cc1Cl. The molecule has 0 saturated carbocycles. The van der Waals surface area contributed by atoms with Gasteiger partial charge in [0.25, 0.3) is 0 Å². The van der Waals surface area contributed by atoms with Crippen molar-refractivity contribution >= 4 is 35.2 Å². The predicted octanol–water partition coefficient (Wildman–Crippen LogP) is 5.58. The molecule has 0 amide bonds. The van der Waals surface area contributed by atoms with E-state index in [4.69, 9.17) is 32.7 Å². The number of halogens is 2. The number of hydrogen-bond donors (Lipinski definition) is 0. The van der Waals surface area contributed by atoms with Crippen LogP contribution in [-0.2, 0) is 16.6 Å². The Morgan fingerprint density at radius 3 is 2.61 bits per heavy atom. The van der Waals surface area contributed by atoms with Crippen molar-refractivity contribution in [3.8, 4) is 17.4 Å². The van der Waals surface area contributed by atoms with Gasteiger partial charge in [-0.3, -0.25) is 0 Å². The molecule has 1 atom stereocenters. The molecule has 0 aliphatic heterocycles. The minimum Gasteiger partial charge on any atom is -0.477 e. The Morgan fingerprint density at radius 1 is 1.29 bits per heavy atom. The summed E-state index contributed by atoms with van der Waals surface area (Å²) < 4.78 is 18.0. The third kappa shape index (κ3) is 5.20. The smallest absolute Gasteiger partial charge is 0.346 e. The van der Waals surface area contributed by atoms with Crippen molar-refractivity contribution < 1.29 is 19.0 Å². The van der Waals surface area contributed by atoms with Crippen LogP contribution in [-0.4, -0.2) is 29.0 Å². The fourth-order valence-corrected chi connectivity index (χ4v) is 2.99. The van der Waals surface area contributed by atoms with Crippen LogP contribution in [0.5, 0.6) is 17.4 Å². The van der Waals surface area contributed by atoms with Crippen LogP contribution in [0.15, 0.2) is 18.2 Å². The van der Waals surface area contributed by atoms with Crippen molar-refractivity contribution in [3.63, 3.8) is 0 Å². The second-order valence-electron chi connectivity index (χ2n) is 6.22. The van der Waals surface area contributed by atoms with E-state index in [1.54, 1.807) is 24.7 Å². The number of rotatable bonds is 8. The molecule has 1 heterocycles. The second-order valence-corrected chi connectivity index (χ2v) is 7.03. The highest BCUT2D eigenvalue weighted by Crippen LogP contribution is 2.39. The van der Waals surface area contributed by atoms with Crippen molar-refractivity contribution in [2.75, 3.05) is 7.11 Å². The number of esters is 1. The van der Waals surface area contributed by atoms with E-state index in [1.165, 1.54) is 13.2 Å². The summed E-state index contributed by atoms with van der Waals surface area (Å²) in [7, 11) is 3.08. The molecule has 0 aliphatic carbocycles. The highest BCUT2D eigenvalue weighted by Gasteiger charge is 2.20. The lowest BCUT2D eigenvalue weighted by atomic mass is 10.2. The van der Waals surface area contributed by atoms with Crippen molar-refractivity contribution in [2.45, 2.75) is 39.7 Å². The summed E-state index contributed by atoms with van der Waals surface area (Å²) in [5, 5.41) is 4.99. The monoisotopic (exact) mass is 426 g/mol. The van der Waals surface area contributed by atoms with E-state index in [9.17, 15) is 4.79 Å². The van der Waals surface area contributed by atoms with Gasteiger partial charge in [0, 0.05) is 13.1 Å². The van der Waals surface area contributed by atoms with Crippen LogP contribution >= 0.6 is 23.2 Å². The van der Waals surface area contributed by atoms with E-state index < -0.39 is 12.1 Å². The number of hydrogen-bond acceptors (Lipinski definition) is 5. The lowest BCUT2D eigenvalue weighted by molar-refractivity contribution is -0.147. The van der Waals surface area contributed by atoms with Gasteiger partial charge in [-0.1, -0.05) is 48.7 Å². The number of carbonyl (C=O) groups excluding carboxylic acids is 1. The Morgan fingerprint density at radius 2 is 1.96 bits per heavy atom. The quantitative estimate of drug-likeness (QED) is 0.515. The molecule has 2 aromatic rings. The Bertz CT molecular complexity index is 878. The van der Waals surface area contributed by atoms with E-state index >= 15 is 0 Å². The molecule has 152 valence electrons. The third-order valence-corrected chi connectivity index (χ3v) is 4.57. The first-order valence-corrected chi connectivity index (χ1v) is 9.65. The molecule has 0 spiro atoms. The minimum atomic E-state index is -0.831. The lowest BCUT2D eigenvalue weighted by Gasteiger charge is -2.16. The fraction of sp³-hybridized carbons (Fsp3) is 0.400. The summed E-state index contributed by atoms with van der Waals surface area (Å²) >= 11 is 12.5. The maximum atomic E-state index is 11.6. The van der Waals surface area contributed by atoms with Gasteiger partial charge in [0.2, 0.25) is 5.88 Å². The number of benzene rings is 1. The molecule has 2 rings (SSSR count). The summed E-state index contributed by atoms with van der Waals surface area (Å²) in [5.74, 6) is 0.632. The van der Waals surface area contributed by atoms with Gasteiger partial charge in [-0.15, -0.1) is 0 Å². The van der Waals surface area contributed by atoms with Crippen LogP contribution in [0, 0.1) is 6.92 Å². The van der Waals surface area contributed by atoms with Gasteiger partial charge in [-0.05, 0) is 26.3 Å². The molecule has 0 unspecified atom stereocenters. The van der Waals surface area contributed by atoms with Gasteiger partial charge in [0.15, 0.2) is 11.9 Å². The molecule has 0 bridgehead atoms. The predicted molar refractivity (Wildman–Crippen MR) is 111 cm³/mol. The van der Waals surface area contributed by atoms with Crippen LogP contribution in [0.25, 0.3) is 6.08 Å². The zero-order valence-corrected chi connectivity index (χ0v) is 18.1. The lowest BCUT2D eigenvalue weighted by Crippen LogP contribution is -2.25. The molecule has 8 heteroatoms. The highest BCUT2D eigenvalue weighted by molar-refractivity contribution is 6.36. The zero-order valence-electron chi connectivity index (χ0n) is 16.6. The van der Waals surface area contributed by atoms with Crippen LogP contribution in [0.1, 0.15) is 37.9 Å². The maximum absolute atomic E-state index is 11.6. The number of unbranched alkanes of at least 4 members (excludes halogenated alkanes) is 1. The number of ether oxygens (including phenoxy) is 3. The third-order valence-electron chi connectivity index (χ3n) is 3.98. The number of allylic oxidation sites excluding steroid dienone is 1. The van der Waals surface area contributed by atoms with Gasteiger partial charge < -0.3 is 14.2 Å². The molecule has 6 nitrogen and oxygen atoms in total. The Balaban J connectivity index is 2.37. The van der Waals surface area contributed by atoms with Crippen molar-refractivity contribution in [1.82, 2.24) is 9.78 Å². The first-order chi connectivity index (χ1) is 13.3. The standard InChI is InChI=1S/C20H24Cl2N2O4/c1-6-7-8-9-14-12(2)23-24(4)19(14)28-18-11-17(15(21)10-16(18)22)27-13(3)20(25)26-5/h8-11,13H,6-7H2,1-5H3/t13-/m0/s1. The molecule has 0 N–H and O–H groups in total. The first kappa shape index (κ1) is 22.1. The summed E-state index contributed by atoms with van der Waals surface area (Å²) in [4.78, 5) is 11.6. The number of nitrogens with zero attached hydrogens (tertiary/aromatic N) is 2. The average Bonchev–Trinajstić information content (AvgIpc) is 2.91. The molecule has 0 aliphatic rings. The van der Waals surface area contributed by atoms with E-state index in [0.717, 1.165) is 24.1 Å². The Hall–Kier alpha value is -2.18. The average molecular weight is 427 g/mol.